The van der Waals surface area contributed by atoms with E-state index in [1.165, 1.54) is 0 Å². The number of Topliss-reactive ketones (excluding diaryl/α,β-unsaturated/α-hetero) is 2. The Morgan fingerprint density at radius 1 is 0.720 bits per heavy atom. The third-order valence-electron chi connectivity index (χ3n) is 5.15. The molecule has 4 nitrogen and oxygen atoms in total. The van der Waals surface area contributed by atoms with Crippen LogP contribution in [-0.2, 0) is 22.7 Å². The molecule has 2 atom stereocenters. The van der Waals surface area contributed by atoms with E-state index < -0.39 is 21.7 Å². The molecule has 2 aromatic rings. The van der Waals surface area contributed by atoms with Gasteiger partial charge in [-0.2, -0.15) is 0 Å². The van der Waals surface area contributed by atoms with Crippen molar-refractivity contribution in [3.8, 4) is 0 Å². The molecule has 2 aliphatic rings. The highest BCUT2D eigenvalue weighted by atomic mass is 32.2. The molecule has 25 heavy (non-hydrogen) atoms. The number of hydrogen-bond donors (Lipinski definition) is 0. The van der Waals surface area contributed by atoms with E-state index in [1.54, 1.807) is 24.3 Å². The van der Waals surface area contributed by atoms with Gasteiger partial charge in [-0.1, -0.05) is 48.5 Å². The zero-order valence-corrected chi connectivity index (χ0v) is 14.5. The van der Waals surface area contributed by atoms with E-state index in [1.807, 2.05) is 24.3 Å². The van der Waals surface area contributed by atoms with Gasteiger partial charge in [-0.25, -0.2) is 8.42 Å². The first-order valence-electron chi connectivity index (χ1n) is 8.39. The standard InChI is InChI=1S/C20H18O4S/c21-19-15(9-13-5-1-3-7-17(13)19)11-25(23,24)12-16-10-14-6-2-4-8-18(14)20(16)22/h1-8,15-16H,9-12H2. The molecule has 0 saturated heterocycles. The van der Waals surface area contributed by atoms with Crippen LogP contribution in [0.15, 0.2) is 48.5 Å². The number of hydrogen-bond acceptors (Lipinski definition) is 4. The molecule has 4 rings (SSSR count). The third-order valence-corrected chi connectivity index (χ3v) is 6.97. The molecule has 0 amide bonds. The number of carbonyl (C=O) groups excluding carboxylic acids is 2. The van der Waals surface area contributed by atoms with E-state index in [2.05, 4.69) is 0 Å². The van der Waals surface area contributed by atoms with Gasteiger partial charge in [0.2, 0.25) is 0 Å². The summed E-state index contributed by atoms with van der Waals surface area (Å²) in [5.41, 5.74) is 3.09. The number of fused-ring (bicyclic) bond motifs is 2. The van der Waals surface area contributed by atoms with Crippen molar-refractivity contribution in [2.75, 3.05) is 11.5 Å². The smallest absolute Gasteiger partial charge is 0.167 e. The van der Waals surface area contributed by atoms with Crippen molar-refractivity contribution in [1.82, 2.24) is 0 Å². The quantitative estimate of drug-likeness (QED) is 0.846. The zero-order valence-electron chi connectivity index (χ0n) is 13.6. The van der Waals surface area contributed by atoms with Gasteiger partial charge in [0.1, 0.15) is 0 Å². The van der Waals surface area contributed by atoms with Gasteiger partial charge in [0, 0.05) is 23.0 Å². The summed E-state index contributed by atoms with van der Waals surface area (Å²) >= 11 is 0. The molecule has 0 N–H and O–H groups in total. The van der Waals surface area contributed by atoms with E-state index in [9.17, 15) is 18.0 Å². The Labute approximate surface area is 146 Å². The van der Waals surface area contributed by atoms with E-state index in [-0.39, 0.29) is 23.1 Å². The molecule has 0 radical (unpaired) electrons. The first-order valence-corrected chi connectivity index (χ1v) is 10.2. The summed E-state index contributed by atoms with van der Waals surface area (Å²) in [4.78, 5) is 24.8. The van der Waals surface area contributed by atoms with E-state index >= 15 is 0 Å². The van der Waals surface area contributed by atoms with Crippen molar-refractivity contribution < 1.29 is 18.0 Å². The molecule has 128 valence electrons. The van der Waals surface area contributed by atoms with Crippen molar-refractivity contribution >= 4 is 21.4 Å². The number of rotatable bonds is 4. The van der Waals surface area contributed by atoms with Crippen LogP contribution >= 0.6 is 0 Å². The summed E-state index contributed by atoms with van der Waals surface area (Å²) < 4.78 is 25.3. The molecule has 0 saturated carbocycles. The van der Waals surface area contributed by atoms with Crippen molar-refractivity contribution in [3.05, 3.63) is 70.8 Å². The minimum Gasteiger partial charge on any atom is -0.294 e. The number of sulfone groups is 1. The fourth-order valence-corrected chi connectivity index (χ4v) is 5.88. The Kier molecular flexibility index (Phi) is 3.84. The summed E-state index contributed by atoms with van der Waals surface area (Å²) in [5, 5.41) is 0. The Bertz CT molecular complexity index is 901. The van der Waals surface area contributed by atoms with Gasteiger partial charge >= 0.3 is 0 Å². The highest BCUT2D eigenvalue weighted by Gasteiger charge is 2.37. The molecule has 0 fully saturated rings. The summed E-state index contributed by atoms with van der Waals surface area (Å²) in [7, 11) is -3.49. The molecule has 0 aromatic heterocycles. The lowest BCUT2D eigenvalue weighted by Gasteiger charge is -2.12. The predicted octanol–water partition coefficient (Wildman–Crippen LogP) is 2.51. The van der Waals surface area contributed by atoms with Crippen molar-refractivity contribution in [2.24, 2.45) is 11.8 Å². The second-order valence-corrected chi connectivity index (χ2v) is 9.08. The average molecular weight is 354 g/mol. The Hall–Kier alpha value is -2.27. The molecule has 2 aliphatic carbocycles. The summed E-state index contributed by atoms with van der Waals surface area (Å²) in [6.45, 7) is 0. The molecule has 0 heterocycles. The molecule has 0 spiro atoms. The summed E-state index contributed by atoms with van der Waals surface area (Å²) in [6.07, 6.45) is 0.931. The second kappa shape index (κ2) is 5.92. The largest absolute Gasteiger partial charge is 0.294 e. The van der Waals surface area contributed by atoms with Gasteiger partial charge in [0.25, 0.3) is 0 Å². The van der Waals surface area contributed by atoms with Crippen LogP contribution in [0.5, 0.6) is 0 Å². The van der Waals surface area contributed by atoms with Crippen molar-refractivity contribution in [2.45, 2.75) is 12.8 Å². The van der Waals surface area contributed by atoms with Crippen molar-refractivity contribution in [3.63, 3.8) is 0 Å². The molecule has 0 bridgehead atoms. The lowest BCUT2D eigenvalue weighted by molar-refractivity contribution is 0.0944. The van der Waals surface area contributed by atoms with Crippen LogP contribution in [0.2, 0.25) is 0 Å². The summed E-state index contributed by atoms with van der Waals surface area (Å²) in [5.74, 6) is -1.61. The van der Waals surface area contributed by atoms with Crippen LogP contribution in [0.1, 0.15) is 31.8 Å². The Balaban J connectivity index is 1.48. The van der Waals surface area contributed by atoms with Gasteiger partial charge in [-0.15, -0.1) is 0 Å². The lowest BCUT2D eigenvalue weighted by Crippen LogP contribution is -2.28. The van der Waals surface area contributed by atoms with E-state index in [4.69, 9.17) is 0 Å². The van der Waals surface area contributed by atoms with Crippen LogP contribution in [0, 0.1) is 11.8 Å². The fraction of sp³-hybridized carbons (Fsp3) is 0.300. The molecule has 0 aliphatic heterocycles. The minimum absolute atomic E-state index is 0.0970. The van der Waals surface area contributed by atoms with E-state index in [0.29, 0.717) is 24.0 Å². The van der Waals surface area contributed by atoms with Gasteiger partial charge in [-0.3, -0.25) is 9.59 Å². The SMILES string of the molecule is O=C1c2ccccc2CC1CS(=O)(=O)CC1Cc2ccccc2C1=O. The number of carbonyl (C=O) groups is 2. The van der Waals surface area contributed by atoms with Crippen LogP contribution in [0.4, 0.5) is 0 Å². The maximum absolute atomic E-state index is 12.6. The van der Waals surface area contributed by atoms with Crippen LogP contribution in [0.3, 0.4) is 0 Å². The highest BCUT2D eigenvalue weighted by Crippen LogP contribution is 2.30. The molecular weight excluding hydrogens is 336 g/mol. The first-order chi connectivity index (χ1) is 11.9. The number of ketones is 2. The fourth-order valence-electron chi connectivity index (χ4n) is 3.98. The van der Waals surface area contributed by atoms with Gasteiger partial charge in [-0.05, 0) is 24.0 Å². The minimum atomic E-state index is -3.49. The average Bonchev–Trinajstić information content (AvgIpc) is 3.05. The second-order valence-electron chi connectivity index (χ2n) is 6.92. The zero-order chi connectivity index (χ0) is 17.6. The first kappa shape index (κ1) is 16.2. The molecule has 2 aromatic carbocycles. The maximum atomic E-state index is 12.6. The lowest BCUT2D eigenvalue weighted by atomic mass is 10.1. The van der Waals surface area contributed by atoms with Gasteiger partial charge in [0.15, 0.2) is 21.4 Å². The Morgan fingerprint density at radius 3 is 1.52 bits per heavy atom. The number of benzene rings is 2. The third kappa shape index (κ3) is 2.93. The van der Waals surface area contributed by atoms with Crippen LogP contribution < -0.4 is 0 Å². The maximum Gasteiger partial charge on any atom is 0.167 e. The molecular formula is C20H18O4S. The monoisotopic (exact) mass is 354 g/mol. The van der Waals surface area contributed by atoms with Gasteiger partial charge in [0.05, 0.1) is 11.5 Å². The summed E-state index contributed by atoms with van der Waals surface area (Å²) in [6, 6.07) is 14.6. The Morgan fingerprint density at radius 2 is 1.12 bits per heavy atom. The molecule has 5 heteroatoms. The van der Waals surface area contributed by atoms with Crippen LogP contribution in [0.25, 0.3) is 0 Å². The molecule has 2 unspecified atom stereocenters. The van der Waals surface area contributed by atoms with E-state index in [0.717, 1.165) is 11.1 Å². The van der Waals surface area contributed by atoms with Crippen LogP contribution in [-0.4, -0.2) is 31.5 Å². The topological polar surface area (TPSA) is 68.3 Å². The highest BCUT2D eigenvalue weighted by molar-refractivity contribution is 7.91. The predicted molar refractivity (Wildman–Crippen MR) is 94.6 cm³/mol. The normalized spacial score (nSPS) is 22.1. The van der Waals surface area contributed by atoms with Crippen molar-refractivity contribution in [1.29, 1.82) is 0 Å². The van der Waals surface area contributed by atoms with Gasteiger partial charge < -0.3 is 0 Å².